The summed E-state index contributed by atoms with van der Waals surface area (Å²) in [7, 11) is 0. The largest absolute Gasteiger partial charge is 0.459 e. The van der Waals surface area contributed by atoms with E-state index in [9.17, 15) is 9.59 Å². The molecule has 3 aromatic rings. The van der Waals surface area contributed by atoms with Crippen LogP contribution in [0.5, 0.6) is 0 Å². The molecule has 7 heteroatoms. The van der Waals surface area contributed by atoms with Crippen molar-refractivity contribution in [3.8, 4) is 0 Å². The molecule has 0 spiro atoms. The van der Waals surface area contributed by atoms with Crippen LogP contribution in [0.3, 0.4) is 0 Å². The fourth-order valence-electron chi connectivity index (χ4n) is 2.02. The van der Waals surface area contributed by atoms with Gasteiger partial charge in [-0.05, 0) is 48.5 Å². The molecule has 2 aromatic heterocycles. The minimum Gasteiger partial charge on any atom is -0.459 e. The molecule has 0 atom stereocenters. The minimum absolute atomic E-state index is 0.103. The van der Waals surface area contributed by atoms with Gasteiger partial charge in [-0.25, -0.2) is 0 Å². The van der Waals surface area contributed by atoms with Crippen molar-refractivity contribution in [2.45, 2.75) is 4.90 Å². The highest BCUT2D eigenvalue weighted by Crippen LogP contribution is 2.18. The first-order valence-electron chi connectivity index (χ1n) is 7.48. The average Bonchev–Trinajstić information content (AvgIpc) is 3.17. The van der Waals surface area contributed by atoms with E-state index in [2.05, 4.69) is 15.6 Å². The van der Waals surface area contributed by atoms with Crippen molar-refractivity contribution >= 4 is 35.0 Å². The average molecular weight is 353 g/mol. The van der Waals surface area contributed by atoms with Crippen LogP contribution in [0.1, 0.15) is 10.6 Å². The first-order chi connectivity index (χ1) is 12.2. The van der Waals surface area contributed by atoms with Gasteiger partial charge in [-0.15, -0.1) is 11.8 Å². The predicted molar refractivity (Wildman–Crippen MR) is 96.7 cm³/mol. The number of furan rings is 1. The quantitative estimate of drug-likeness (QED) is 0.661. The number of pyridine rings is 1. The third kappa shape index (κ3) is 4.95. The molecule has 25 heavy (non-hydrogen) atoms. The number of amides is 2. The molecule has 0 saturated heterocycles. The number of rotatable bonds is 6. The van der Waals surface area contributed by atoms with Gasteiger partial charge in [0.15, 0.2) is 5.76 Å². The highest BCUT2D eigenvalue weighted by molar-refractivity contribution is 8.00. The van der Waals surface area contributed by atoms with Crippen LogP contribution in [0.4, 0.5) is 11.4 Å². The Bertz CT molecular complexity index is 834. The third-order valence-electron chi connectivity index (χ3n) is 3.19. The number of carbonyl (C=O) groups is 2. The van der Waals surface area contributed by atoms with E-state index < -0.39 is 0 Å². The molecule has 0 bridgehead atoms. The smallest absolute Gasteiger partial charge is 0.291 e. The number of thioether (sulfide) groups is 1. The predicted octanol–water partition coefficient (Wildman–Crippen LogP) is 3.66. The summed E-state index contributed by atoms with van der Waals surface area (Å²) in [5.41, 5.74) is 1.28. The van der Waals surface area contributed by atoms with E-state index in [1.165, 1.54) is 18.0 Å². The SMILES string of the molecule is O=C(CSc1ccncc1)Nc1ccc(NC(=O)c2ccco2)cc1. The molecule has 0 radical (unpaired) electrons. The van der Waals surface area contributed by atoms with Crippen molar-refractivity contribution < 1.29 is 14.0 Å². The molecule has 0 aliphatic rings. The zero-order valence-corrected chi connectivity index (χ0v) is 14.0. The molecular weight excluding hydrogens is 338 g/mol. The van der Waals surface area contributed by atoms with Crippen molar-refractivity contribution in [2.75, 3.05) is 16.4 Å². The summed E-state index contributed by atoms with van der Waals surface area (Å²) < 4.78 is 5.03. The van der Waals surface area contributed by atoms with Crippen LogP contribution in [0.2, 0.25) is 0 Å². The Hall–Kier alpha value is -3.06. The molecule has 2 amide bonds. The van der Waals surface area contributed by atoms with E-state index in [0.717, 1.165) is 4.90 Å². The zero-order chi connectivity index (χ0) is 17.5. The van der Waals surface area contributed by atoms with Crippen LogP contribution < -0.4 is 10.6 Å². The highest BCUT2D eigenvalue weighted by atomic mass is 32.2. The molecule has 2 N–H and O–H groups in total. The number of anilines is 2. The lowest BCUT2D eigenvalue weighted by Gasteiger charge is -2.07. The van der Waals surface area contributed by atoms with Gasteiger partial charge in [0.1, 0.15) is 0 Å². The van der Waals surface area contributed by atoms with E-state index >= 15 is 0 Å². The number of aromatic nitrogens is 1. The van der Waals surface area contributed by atoms with Crippen LogP contribution in [0.25, 0.3) is 0 Å². The summed E-state index contributed by atoms with van der Waals surface area (Å²) in [6, 6.07) is 13.8. The van der Waals surface area contributed by atoms with E-state index in [0.29, 0.717) is 17.1 Å². The second kappa shape index (κ2) is 8.16. The van der Waals surface area contributed by atoms with Gasteiger partial charge >= 0.3 is 0 Å². The lowest BCUT2D eigenvalue weighted by Crippen LogP contribution is -2.14. The van der Waals surface area contributed by atoms with Gasteiger partial charge in [0.2, 0.25) is 5.91 Å². The Kier molecular flexibility index (Phi) is 5.48. The summed E-state index contributed by atoms with van der Waals surface area (Å²) in [5.74, 6) is 0.122. The first kappa shape index (κ1) is 16.8. The fraction of sp³-hybridized carbons (Fsp3) is 0.0556. The Balaban J connectivity index is 1.50. The van der Waals surface area contributed by atoms with Crippen molar-refractivity contribution in [3.05, 3.63) is 72.9 Å². The van der Waals surface area contributed by atoms with Gasteiger partial charge in [-0.3, -0.25) is 14.6 Å². The maximum atomic E-state index is 12.0. The van der Waals surface area contributed by atoms with Gasteiger partial charge in [0.25, 0.3) is 5.91 Å². The monoisotopic (exact) mass is 353 g/mol. The summed E-state index contributed by atoms with van der Waals surface area (Å²) in [5, 5.41) is 5.53. The van der Waals surface area contributed by atoms with Crippen molar-refractivity contribution in [1.29, 1.82) is 0 Å². The molecular formula is C18H15N3O3S. The number of hydrogen-bond acceptors (Lipinski definition) is 5. The van der Waals surface area contributed by atoms with Crippen molar-refractivity contribution in [2.24, 2.45) is 0 Å². The summed E-state index contributed by atoms with van der Waals surface area (Å²) in [4.78, 5) is 28.8. The van der Waals surface area contributed by atoms with Gasteiger partial charge in [0.05, 0.1) is 12.0 Å². The van der Waals surface area contributed by atoms with Crippen LogP contribution in [-0.4, -0.2) is 22.6 Å². The van der Waals surface area contributed by atoms with Gasteiger partial charge in [0, 0.05) is 28.7 Å². The fourth-order valence-corrected chi connectivity index (χ4v) is 2.70. The molecule has 0 aliphatic carbocycles. The molecule has 1 aromatic carbocycles. The zero-order valence-electron chi connectivity index (χ0n) is 13.1. The first-order valence-corrected chi connectivity index (χ1v) is 8.47. The molecule has 6 nitrogen and oxygen atoms in total. The van der Waals surface area contributed by atoms with E-state index in [4.69, 9.17) is 4.42 Å². The number of hydrogen-bond donors (Lipinski definition) is 2. The van der Waals surface area contributed by atoms with Crippen LogP contribution in [0, 0.1) is 0 Å². The van der Waals surface area contributed by atoms with Crippen molar-refractivity contribution in [1.82, 2.24) is 4.98 Å². The maximum Gasteiger partial charge on any atom is 0.291 e. The summed E-state index contributed by atoms with van der Waals surface area (Å²) in [6.07, 6.45) is 4.82. The standard InChI is InChI=1S/C18H15N3O3S/c22-17(12-25-15-7-9-19-10-8-15)20-13-3-5-14(6-4-13)21-18(23)16-2-1-11-24-16/h1-11H,12H2,(H,20,22)(H,21,23). The number of nitrogens with one attached hydrogen (secondary N) is 2. The summed E-state index contributed by atoms with van der Waals surface area (Å²) >= 11 is 1.44. The molecule has 3 rings (SSSR count). The molecule has 2 heterocycles. The lowest BCUT2D eigenvalue weighted by molar-refractivity contribution is -0.113. The Morgan fingerprint density at radius 1 is 0.960 bits per heavy atom. The second-order valence-corrected chi connectivity index (χ2v) is 6.08. The molecule has 0 aliphatic heterocycles. The second-order valence-electron chi connectivity index (χ2n) is 5.03. The van der Waals surface area contributed by atoms with E-state index in [1.54, 1.807) is 48.8 Å². The molecule has 0 fully saturated rings. The number of nitrogens with zero attached hydrogens (tertiary/aromatic N) is 1. The van der Waals surface area contributed by atoms with Crippen LogP contribution in [-0.2, 0) is 4.79 Å². The van der Waals surface area contributed by atoms with E-state index in [-0.39, 0.29) is 17.6 Å². The number of carbonyl (C=O) groups excluding carboxylic acids is 2. The maximum absolute atomic E-state index is 12.0. The highest BCUT2D eigenvalue weighted by Gasteiger charge is 2.09. The minimum atomic E-state index is -0.324. The summed E-state index contributed by atoms with van der Waals surface area (Å²) in [6.45, 7) is 0. The number of benzene rings is 1. The van der Waals surface area contributed by atoms with Crippen molar-refractivity contribution in [3.63, 3.8) is 0 Å². The topological polar surface area (TPSA) is 84.2 Å². The van der Waals surface area contributed by atoms with E-state index in [1.807, 2.05) is 12.1 Å². The molecule has 0 unspecified atom stereocenters. The Labute approximate surface area is 148 Å². The third-order valence-corrected chi connectivity index (χ3v) is 4.20. The van der Waals surface area contributed by atoms with Gasteiger partial charge < -0.3 is 15.1 Å². The van der Waals surface area contributed by atoms with Crippen LogP contribution >= 0.6 is 11.8 Å². The van der Waals surface area contributed by atoms with Gasteiger partial charge in [-0.1, -0.05) is 0 Å². The molecule has 0 saturated carbocycles. The Morgan fingerprint density at radius 3 is 2.28 bits per heavy atom. The molecule has 126 valence electrons. The Morgan fingerprint density at radius 2 is 1.64 bits per heavy atom. The lowest BCUT2D eigenvalue weighted by atomic mass is 10.2. The van der Waals surface area contributed by atoms with Crippen LogP contribution in [0.15, 0.2) is 76.5 Å². The van der Waals surface area contributed by atoms with Gasteiger partial charge in [-0.2, -0.15) is 0 Å². The normalized spacial score (nSPS) is 10.2.